The Bertz CT molecular complexity index is 931. The van der Waals surface area contributed by atoms with Crippen LogP contribution in [0.2, 0.25) is 0 Å². The third kappa shape index (κ3) is 3.93. The minimum atomic E-state index is -1.32. The summed E-state index contributed by atoms with van der Waals surface area (Å²) in [6.07, 6.45) is -0.293. The first kappa shape index (κ1) is 18.5. The van der Waals surface area contributed by atoms with Crippen LogP contribution in [0.5, 0.6) is 5.75 Å². The highest BCUT2D eigenvalue weighted by Gasteiger charge is 2.41. The van der Waals surface area contributed by atoms with Gasteiger partial charge in [-0.2, -0.15) is 0 Å². The molecule has 0 bridgehead atoms. The van der Waals surface area contributed by atoms with Crippen LogP contribution in [0.3, 0.4) is 0 Å². The lowest BCUT2D eigenvalue weighted by Gasteiger charge is -2.14. The fraction of sp³-hybridized carbons (Fsp3) is 0.111. The van der Waals surface area contributed by atoms with Gasteiger partial charge < -0.3 is 15.5 Å². The van der Waals surface area contributed by atoms with Crippen molar-refractivity contribution in [3.8, 4) is 5.75 Å². The Morgan fingerprint density at radius 3 is 2.48 bits per heavy atom. The summed E-state index contributed by atoms with van der Waals surface area (Å²) < 4.78 is 0. The van der Waals surface area contributed by atoms with Crippen LogP contribution in [0.1, 0.15) is 16.8 Å². The lowest BCUT2D eigenvalue weighted by atomic mass is 10.1. The Labute approximate surface area is 157 Å². The summed E-state index contributed by atoms with van der Waals surface area (Å²) in [5, 5.41) is 19.6. The first-order chi connectivity index (χ1) is 12.9. The molecule has 1 atom stereocenters. The van der Waals surface area contributed by atoms with E-state index < -0.39 is 28.3 Å². The number of amides is 3. The van der Waals surface area contributed by atoms with Gasteiger partial charge >= 0.3 is 5.97 Å². The Kier molecular flexibility index (Phi) is 5.13. The highest BCUT2D eigenvalue weighted by molar-refractivity contribution is 8.15. The lowest BCUT2D eigenvalue weighted by Crippen LogP contribution is -2.33. The van der Waals surface area contributed by atoms with Crippen LogP contribution in [0.4, 0.5) is 16.2 Å². The van der Waals surface area contributed by atoms with Crippen LogP contribution < -0.4 is 10.2 Å². The second kappa shape index (κ2) is 7.50. The van der Waals surface area contributed by atoms with Crippen molar-refractivity contribution < 1.29 is 29.4 Å². The van der Waals surface area contributed by atoms with Crippen LogP contribution in [0.15, 0.2) is 48.5 Å². The highest BCUT2D eigenvalue weighted by Crippen LogP contribution is 2.33. The quantitative estimate of drug-likeness (QED) is 0.675. The molecule has 27 heavy (non-hydrogen) atoms. The molecule has 0 aliphatic carbocycles. The maximum absolute atomic E-state index is 12.5. The zero-order valence-corrected chi connectivity index (χ0v) is 14.6. The molecule has 0 spiro atoms. The molecule has 8 nitrogen and oxygen atoms in total. The van der Waals surface area contributed by atoms with Crippen molar-refractivity contribution in [1.29, 1.82) is 0 Å². The van der Waals surface area contributed by atoms with E-state index in [1.807, 2.05) is 0 Å². The van der Waals surface area contributed by atoms with Gasteiger partial charge in [0.1, 0.15) is 11.0 Å². The molecule has 0 aromatic heterocycles. The fourth-order valence-corrected chi connectivity index (χ4v) is 3.57. The number of nitrogens with zero attached hydrogens (tertiary/aromatic N) is 1. The van der Waals surface area contributed by atoms with Crippen LogP contribution >= 0.6 is 11.8 Å². The first-order valence-electron chi connectivity index (χ1n) is 7.82. The van der Waals surface area contributed by atoms with Gasteiger partial charge in [-0.15, -0.1) is 0 Å². The van der Waals surface area contributed by atoms with Crippen molar-refractivity contribution >= 4 is 46.2 Å². The molecule has 9 heteroatoms. The van der Waals surface area contributed by atoms with E-state index in [4.69, 9.17) is 5.11 Å². The molecule has 1 saturated heterocycles. The summed E-state index contributed by atoms with van der Waals surface area (Å²) in [7, 11) is 0. The largest absolute Gasteiger partial charge is 0.508 e. The van der Waals surface area contributed by atoms with E-state index in [2.05, 4.69) is 5.32 Å². The number of rotatable bonds is 5. The van der Waals surface area contributed by atoms with E-state index in [0.29, 0.717) is 5.69 Å². The summed E-state index contributed by atoms with van der Waals surface area (Å²) in [5.41, 5.74) is 0.136. The highest BCUT2D eigenvalue weighted by atomic mass is 32.2. The van der Waals surface area contributed by atoms with Crippen molar-refractivity contribution in [3.63, 3.8) is 0 Å². The number of carboxylic acids is 1. The third-order valence-electron chi connectivity index (χ3n) is 3.81. The standard InChI is InChI=1S/C18H14N2O6S/c21-11-6-7-13(12(8-11)17(24)25)19-15(22)9-14-16(23)20(18(26)27-14)10-4-2-1-3-5-10/h1-8,14,21H,9H2,(H,19,22)(H,24,25). The third-order valence-corrected chi connectivity index (χ3v) is 4.85. The number of imide groups is 1. The Morgan fingerprint density at radius 1 is 1.11 bits per heavy atom. The SMILES string of the molecule is O=C(CC1SC(=O)N(c2ccccc2)C1=O)Nc1ccc(O)cc1C(=O)O. The summed E-state index contributed by atoms with van der Waals surface area (Å²) in [4.78, 5) is 49.2. The molecule has 0 saturated carbocycles. The van der Waals surface area contributed by atoms with Gasteiger partial charge in [0.15, 0.2) is 0 Å². The number of carbonyl (C=O) groups excluding carboxylic acids is 3. The molecule has 2 aromatic carbocycles. The normalized spacial score (nSPS) is 16.4. The number of hydrogen-bond acceptors (Lipinski definition) is 6. The predicted octanol–water partition coefficient (Wildman–Crippen LogP) is 2.69. The van der Waals surface area contributed by atoms with E-state index in [0.717, 1.165) is 22.7 Å². The van der Waals surface area contributed by atoms with Crippen LogP contribution in [0.25, 0.3) is 0 Å². The molecule has 1 heterocycles. The van der Waals surface area contributed by atoms with Crippen molar-refractivity contribution in [2.45, 2.75) is 11.7 Å². The topological polar surface area (TPSA) is 124 Å². The minimum absolute atomic E-state index is 0.00742. The lowest BCUT2D eigenvalue weighted by molar-refractivity contribution is -0.121. The van der Waals surface area contributed by atoms with Crippen LogP contribution in [-0.2, 0) is 9.59 Å². The first-order valence-corrected chi connectivity index (χ1v) is 8.70. The van der Waals surface area contributed by atoms with E-state index in [-0.39, 0.29) is 23.4 Å². The number of carboxylic acid groups (broad SMARTS) is 1. The Hall–Kier alpha value is -3.33. The summed E-state index contributed by atoms with van der Waals surface area (Å²) >= 11 is 0.749. The van der Waals surface area contributed by atoms with Crippen LogP contribution in [-0.4, -0.2) is 38.5 Å². The molecule has 3 N–H and O–H groups in total. The predicted molar refractivity (Wildman–Crippen MR) is 99.0 cm³/mol. The molecule has 1 fully saturated rings. The minimum Gasteiger partial charge on any atom is -0.508 e. The number of anilines is 2. The second-order valence-corrected chi connectivity index (χ2v) is 6.82. The molecular weight excluding hydrogens is 372 g/mol. The average molecular weight is 386 g/mol. The van der Waals surface area contributed by atoms with Crippen LogP contribution in [0, 0.1) is 0 Å². The monoisotopic (exact) mass is 386 g/mol. The molecule has 3 rings (SSSR count). The van der Waals surface area contributed by atoms with Crippen molar-refractivity contribution in [3.05, 3.63) is 54.1 Å². The van der Waals surface area contributed by atoms with Gasteiger partial charge in [-0.25, -0.2) is 9.69 Å². The molecule has 0 radical (unpaired) electrons. The summed E-state index contributed by atoms with van der Waals surface area (Å²) in [5.74, 6) is -2.69. The number of nitrogens with one attached hydrogen (secondary N) is 1. The van der Waals surface area contributed by atoms with Gasteiger partial charge in [-0.3, -0.25) is 14.4 Å². The van der Waals surface area contributed by atoms with E-state index in [1.54, 1.807) is 30.3 Å². The fourth-order valence-electron chi connectivity index (χ4n) is 2.59. The van der Waals surface area contributed by atoms with E-state index in [9.17, 15) is 24.3 Å². The van der Waals surface area contributed by atoms with E-state index in [1.165, 1.54) is 12.1 Å². The number of aromatic carboxylic acids is 1. The maximum atomic E-state index is 12.5. The van der Waals surface area contributed by atoms with Gasteiger partial charge in [0, 0.05) is 6.42 Å². The molecule has 2 aromatic rings. The van der Waals surface area contributed by atoms with Crippen molar-refractivity contribution in [2.75, 3.05) is 10.2 Å². The van der Waals surface area contributed by atoms with Gasteiger partial charge in [0.05, 0.1) is 16.9 Å². The molecule has 1 unspecified atom stereocenters. The van der Waals surface area contributed by atoms with Gasteiger partial charge in [-0.05, 0) is 42.1 Å². The smallest absolute Gasteiger partial charge is 0.337 e. The second-order valence-electron chi connectivity index (χ2n) is 5.67. The van der Waals surface area contributed by atoms with E-state index >= 15 is 0 Å². The number of phenols is 1. The zero-order chi connectivity index (χ0) is 19.6. The Morgan fingerprint density at radius 2 is 1.81 bits per heavy atom. The molecule has 138 valence electrons. The van der Waals surface area contributed by atoms with Gasteiger partial charge in [-0.1, -0.05) is 18.2 Å². The molecule has 1 aliphatic heterocycles. The number of aromatic hydroxyl groups is 1. The maximum Gasteiger partial charge on any atom is 0.337 e. The number of thioether (sulfide) groups is 1. The average Bonchev–Trinajstić information content (AvgIpc) is 2.90. The number of benzene rings is 2. The van der Waals surface area contributed by atoms with Crippen molar-refractivity contribution in [1.82, 2.24) is 0 Å². The van der Waals surface area contributed by atoms with Gasteiger partial charge in [0.2, 0.25) is 11.8 Å². The number of para-hydroxylation sites is 1. The zero-order valence-electron chi connectivity index (χ0n) is 13.8. The molecular formula is C18H14N2O6S. The van der Waals surface area contributed by atoms with Gasteiger partial charge in [0.25, 0.3) is 5.24 Å². The molecule has 3 amide bonds. The molecule has 1 aliphatic rings. The Balaban J connectivity index is 1.71. The number of carbonyl (C=O) groups is 4. The number of hydrogen-bond donors (Lipinski definition) is 3. The van der Waals surface area contributed by atoms with Crippen molar-refractivity contribution in [2.24, 2.45) is 0 Å². The number of phenolic OH excluding ortho intramolecular Hbond substituents is 1. The summed E-state index contributed by atoms with van der Waals surface area (Å²) in [6.45, 7) is 0. The summed E-state index contributed by atoms with van der Waals surface area (Å²) in [6, 6.07) is 11.9.